The quantitative estimate of drug-likeness (QED) is 0.474. The normalized spacial score (nSPS) is 13.8. The lowest BCUT2D eigenvalue weighted by Gasteiger charge is -2.14. The van der Waals surface area contributed by atoms with Crippen molar-refractivity contribution in [3.05, 3.63) is 78.5 Å². The van der Waals surface area contributed by atoms with E-state index in [1.807, 2.05) is 24.5 Å². The van der Waals surface area contributed by atoms with Crippen molar-refractivity contribution in [1.29, 1.82) is 5.26 Å². The number of hydrogen-bond donors (Lipinski definition) is 2. The van der Waals surface area contributed by atoms with Gasteiger partial charge in [-0.25, -0.2) is 4.98 Å². The first-order chi connectivity index (χ1) is 15.7. The van der Waals surface area contributed by atoms with E-state index >= 15 is 0 Å². The number of nitrogens with zero attached hydrogens (tertiary/aromatic N) is 5. The predicted molar refractivity (Wildman–Crippen MR) is 125 cm³/mol. The summed E-state index contributed by atoms with van der Waals surface area (Å²) in [7, 11) is 0. The highest BCUT2D eigenvalue weighted by Gasteiger charge is 2.14. The SMILES string of the molecule is C=C(Nc1ccc(C#N)nc1)c1n[nH]c2ccc(-c3cncc(CN4CCCC4)c3)cc12. The Morgan fingerprint density at radius 3 is 2.75 bits per heavy atom. The summed E-state index contributed by atoms with van der Waals surface area (Å²) >= 11 is 0. The number of likely N-dealkylation sites (tertiary alicyclic amines) is 1. The van der Waals surface area contributed by atoms with Gasteiger partial charge in [0, 0.05) is 29.9 Å². The zero-order chi connectivity index (χ0) is 21.9. The molecule has 0 radical (unpaired) electrons. The van der Waals surface area contributed by atoms with E-state index in [0.29, 0.717) is 11.4 Å². The summed E-state index contributed by atoms with van der Waals surface area (Å²) in [6.45, 7) is 7.43. The molecule has 2 N–H and O–H groups in total. The maximum atomic E-state index is 8.92. The van der Waals surface area contributed by atoms with Gasteiger partial charge in [-0.05, 0) is 67.4 Å². The fourth-order valence-electron chi connectivity index (χ4n) is 4.12. The Morgan fingerprint density at radius 2 is 1.97 bits per heavy atom. The topological polar surface area (TPSA) is 93.5 Å². The van der Waals surface area contributed by atoms with Gasteiger partial charge in [-0.15, -0.1) is 0 Å². The van der Waals surface area contributed by atoms with Crippen LogP contribution >= 0.6 is 0 Å². The maximum Gasteiger partial charge on any atom is 0.140 e. The molecule has 1 aliphatic rings. The van der Waals surface area contributed by atoms with Crippen molar-refractivity contribution >= 4 is 22.3 Å². The molecule has 0 spiro atoms. The number of anilines is 1. The Balaban J connectivity index is 1.41. The summed E-state index contributed by atoms with van der Waals surface area (Å²) < 4.78 is 0. The van der Waals surface area contributed by atoms with Gasteiger partial charge in [0.25, 0.3) is 0 Å². The molecule has 0 amide bonds. The number of nitriles is 1. The van der Waals surface area contributed by atoms with Crippen molar-refractivity contribution < 1.29 is 0 Å². The van der Waals surface area contributed by atoms with E-state index in [1.165, 1.54) is 31.5 Å². The van der Waals surface area contributed by atoms with E-state index in [-0.39, 0.29) is 0 Å². The molecule has 7 nitrogen and oxygen atoms in total. The highest BCUT2D eigenvalue weighted by Crippen LogP contribution is 2.29. The van der Waals surface area contributed by atoms with Crippen LogP contribution in [-0.2, 0) is 6.54 Å². The van der Waals surface area contributed by atoms with E-state index in [0.717, 1.165) is 40.0 Å². The van der Waals surface area contributed by atoms with Crippen LogP contribution in [0.1, 0.15) is 29.8 Å². The van der Waals surface area contributed by atoms with Crippen LogP contribution in [0.25, 0.3) is 27.7 Å². The Kier molecular flexibility index (Phi) is 5.36. The number of aromatic amines is 1. The molecule has 7 heteroatoms. The molecule has 0 atom stereocenters. The summed E-state index contributed by atoms with van der Waals surface area (Å²) in [6.07, 6.45) is 8.04. The van der Waals surface area contributed by atoms with Crippen LogP contribution in [0.4, 0.5) is 5.69 Å². The monoisotopic (exact) mass is 421 g/mol. The largest absolute Gasteiger partial charge is 0.353 e. The lowest BCUT2D eigenvalue weighted by atomic mass is 10.0. The standard InChI is InChI=1S/C25H23N7/c1-17(29-22-6-5-21(12-26)28-15-22)25-23-11-19(4-7-24(23)30-31-25)20-10-18(13-27-14-20)16-32-8-2-3-9-32/h4-7,10-11,13-15,29H,1-3,8-9,16H2,(H,30,31). The van der Waals surface area contributed by atoms with Gasteiger partial charge in [-0.2, -0.15) is 10.4 Å². The molecule has 1 fully saturated rings. The molecule has 1 saturated heterocycles. The first-order valence-corrected chi connectivity index (χ1v) is 10.7. The molecule has 0 saturated carbocycles. The first kappa shape index (κ1) is 19.9. The molecule has 4 aromatic rings. The summed E-state index contributed by atoms with van der Waals surface area (Å²) in [6, 6.07) is 13.9. The van der Waals surface area contributed by atoms with Crippen LogP contribution in [0, 0.1) is 11.3 Å². The minimum absolute atomic E-state index is 0.372. The van der Waals surface area contributed by atoms with Gasteiger partial charge < -0.3 is 5.32 Å². The number of hydrogen-bond acceptors (Lipinski definition) is 6. The minimum atomic E-state index is 0.372. The van der Waals surface area contributed by atoms with Gasteiger partial charge in [-0.3, -0.25) is 15.0 Å². The van der Waals surface area contributed by atoms with Crippen molar-refractivity contribution in [3.63, 3.8) is 0 Å². The van der Waals surface area contributed by atoms with Crippen molar-refractivity contribution in [2.45, 2.75) is 19.4 Å². The van der Waals surface area contributed by atoms with Crippen LogP contribution in [0.2, 0.25) is 0 Å². The molecule has 3 aromatic heterocycles. The molecule has 1 aromatic carbocycles. The van der Waals surface area contributed by atoms with E-state index in [1.54, 1.807) is 18.3 Å². The Bertz CT molecular complexity index is 1310. The van der Waals surface area contributed by atoms with Crippen molar-refractivity contribution in [3.8, 4) is 17.2 Å². The zero-order valence-corrected chi connectivity index (χ0v) is 17.7. The molecule has 158 valence electrons. The van der Waals surface area contributed by atoms with Crippen LogP contribution in [-0.4, -0.2) is 38.2 Å². The molecular weight excluding hydrogens is 398 g/mol. The van der Waals surface area contributed by atoms with Gasteiger partial charge in [0.2, 0.25) is 0 Å². The highest BCUT2D eigenvalue weighted by molar-refractivity contribution is 5.95. The Hall–Kier alpha value is -4.02. The second-order valence-corrected chi connectivity index (χ2v) is 8.05. The second kappa shape index (κ2) is 8.61. The molecule has 0 aliphatic carbocycles. The van der Waals surface area contributed by atoms with Crippen LogP contribution in [0.15, 0.2) is 61.6 Å². The third kappa shape index (κ3) is 4.09. The Labute approximate surface area is 186 Å². The predicted octanol–water partition coefficient (Wildman–Crippen LogP) is 4.57. The van der Waals surface area contributed by atoms with Gasteiger partial charge in [0.1, 0.15) is 17.5 Å². The average molecular weight is 422 g/mol. The first-order valence-electron chi connectivity index (χ1n) is 10.7. The fourth-order valence-corrected chi connectivity index (χ4v) is 4.12. The lowest BCUT2D eigenvalue weighted by Crippen LogP contribution is -2.18. The van der Waals surface area contributed by atoms with Crippen LogP contribution < -0.4 is 5.32 Å². The molecule has 5 rings (SSSR count). The number of fused-ring (bicyclic) bond motifs is 1. The Morgan fingerprint density at radius 1 is 1.09 bits per heavy atom. The molecular formula is C25H23N7. The summed E-state index contributed by atoms with van der Waals surface area (Å²) in [5.41, 5.74) is 6.86. The van der Waals surface area contributed by atoms with Gasteiger partial charge in [0.05, 0.1) is 23.1 Å². The summed E-state index contributed by atoms with van der Waals surface area (Å²) in [4.78, 5) is 11.1. The minimum Gasteiger partial charge on any atom is -0.353 e. The second-order valence-electron chi connectivity index (χ2n) is 8.05. The highest BCUT2D eigenvalue weighted by atomic mass is 15.1. The maximum absolute atomic E-state index is 8.92. The number of H-pyrrole nitrogens is 1. The van der Waals surface area contributed by atoms with Gasteiger partial charge in [0.15, 0.2) is 0 Å². The summed E-state index contributed by atoms with van der Waals surface area (Å²) in [5.74, 6) is 0. The van der Waals surface area contributed by atoms with Gasteiger partial charge in [-0.1, -0.05) is 12.6 Å². The third-order valence-electron chi connectivity index (χ3n) is 5.76. The molecule has 0 unspecified atom stereocenters. The number of aromatic nitrogens is 4. The molecule has 0 bridgehead atoms. The zero-order valence-electron chi connectivity index (χ0n) is 17.7. The third-order valence-corrected chi connectivity index (χ3v) is 5.76. The summed E-state index contributed by atoms with van der Waals surface area (Å²) in [5, 5.41) is 20.7. The van der Waals surface area contributed by atoms with E-state index < -0.39 is 0 Å². The average Bonchev–Trinajstić information content (AvgIpc) is 3.49. The van der Waals surface area contributed by atoms with E-state index in [4.69, 9.17) is 5.26 Å². The van der Waals surface area contributed by atoms with Crippen LogP contribution in [0.5, 0.6) is 0 Å². The van der Waals surface area contributed by atoms with Crippen molar-refractivity contribution in [1.82, 2.24) is 25.1 Å². The lowest BCUT2D eigenvalue weighted by molar-refractivity contribution is 0.331. The fraction of sp³-hybridized carbons (Fsp3) is 0.200. The molecule has 1 aliphatic heterocycles. The van der Waals surface area contributed by atoms with E-state index in [2.05, 4.69) is 55.2 Å². The number of pyridine rings is 2. The number of nitrogens with one attached hydrogen (secondary N) is 2. The number of rotatable bonds is 6. The number of benzene rings is 1. The smallest absolute Gasteiger partial charge is 0.140 e. The van der Waals surface area contributed by atoms with Gasteiger partial charge >= 0.3 is 0 Å². The van der Waals surface area contributed by atoms with Crippen molar-refractivity contribution in [2.24, 2.45) is 0 Å². The van der Waals surface area contributed by atoms with Crippen LogP contribution in [0.3, 0.4) is 0 Å². The molecule has 4 heterocycles. The van der Waals surface area contributed by atoms with Crippen molar-refractivity contribution in [2.75, 3.05) is 18.4 Å². The van der Waals surface area contributed by atoms with E-state index in [9.17, 15) is 0 Å². The molecule has 32 heavy (non-hydrogen) atoms.